The molecule has 3 amide bonds. The number of aryl methyl sites for hydroxylation is 1. The number of hydrogen-bond acceptors (Lipinski definition) is 4. The summed E-state index contributed by atoms with van der Waals surface area (Å²) < 4.78 is 5.57. The van der Waals surface area contributed by atoms with Gasteiger partial charge in [0.1, 0.15) is 5.60 Å². The number of carbonyl (C=O) groups is 3. The van der Waals surface area contributed by atoms with Gasteiger partial charge in [-0.05, 0) is 58.2 Å². The van der Waals surface area contributed by atoms with E-state index in [1.54, 1.807) is 29.2 Å². The van der Waals surface area contributed by atoms with Gasteiger partial charge in [-0.3, -0.25) is 14.5 Å². The molecule has 0 fully saturated rings. The molecular formula is C25H30N2O4. The monoisotopic (exact) mass is 422 g/mol. The number of fused-ring (bicyclic) bond motifs is 1. The lowest BCUT2D eigenvalue weighted by molar-refractivity contribution is 0.0227. The minimum absolute atomic E-state index is 0.246. The van der Waals surface area contributed by atoms with Crippen molar-refractivity contribution in [1.29, 1.82) is 0 Å². The summed E-state index contributed by atoms with van der Waals surface area (Å²) in [5, 5.41) is 0. The number of ether oxygens (including phenoxy) is 1. The number of nitrogens with zero attached hydrogens (tertiary/aromatic N) is 2. The van der Waals surface area contributed by atoms with Gasteiger partial charge in [-0.2, -0.15) is 0 Å². The Morgan fingerprint density at radius 3 is 2.06 bits per heavy atom. The molecular weight excluding hydrogens is 392 g/mol. The molecule has 2 aromatic carbocycles. The summed E-state index contributed by atoms with van der Waals surface area (Å²) in [4.78, 5) is 40.7. The summed E-state index contributed by atoms with van der Waals surface area (Å²) >= 11 is 0. The average molecular weight is 423 g/mol. The van der Waals surface area contributed by atoms with Gasteiger partial charge in [-0.15, -0.1) is 0 Å². The van der Waals surface area contributed by atoms with Crippen molar-refractivity contribution in [2.45, 2.75) is 52.7 Å². The van der Waals surface area contributed by atoms with E-state index >= 15 is 0 Å². The van der Waals surface area contributed by atoms with Crippen LogP contribution in [0.4, 0.5) is 4.79 Å². The Morgan fingerprint density at radius 2 is 1.52 bits per heavy atom. The molecule has 0 bridgehead atoms. The summed E-state index contributed by atoms with van der Waals surface area (Å²) in [6.45, 7) is 8.81. The van der Waals surface area contributed by atoms with Gasteiger partial charge in [0.25, 0.3) is 11.8 Å². The van der Waals surface area contributed by atoms with Gasteiger partial charge in [-0.25, -0.2) is 4.79 Å². The lowest BCUT2D eigenvalue weighted by Gasteiger charge is -2.28. The Labute approximate surface area is 183 Å². The van der Waals surface area contributed by atoms with Crippen molar-refractivity contribution in [2.24, 2.45) is 0 Å². The summed E-state index contributed by atoms with van der Waals surface area (Å²) in [6, 6.07) is 14.9. The van der Waals surface area contributed by atoms with E-state index in [2.05, 4.69) is 0 Å². The molecule has 1 heterocycles. The Kier molecular flexibility index (Phi) is 6.78. The second-order valence-corrected chi connectivity index (χ2v) is 8.90. The molecule has 0 N–H and O–H groups in total. The normalized spacial score (nSPS) is 13.4. The second kappa shape index (κ2) is 9.33. The van der Waals surface area contributed by atoms with E-state index in [4.69, 9.17) is 4.74 Å². The Bertz CT molecular complexity index is 925. The predicted octanol–water partition coefficient (Wildman–Crippen LogP) is 4.81. The molecule has 3 rings (SSSR count). The lowest BCUT2D eigenvalue weighted by Crippen LogP contribution is -2.37. The van der Waals surface area contributed by atoms with E-state index < -0.39 is 5.60 Å². The molecule has 1 aliphatic heterocycles. The van der Waals surface area contributed by atoms with Gasteiger partial charge in [0.15, 0.2) is 0 Å². The van der Waals surface area contributed by atoms with Gasteiger partial charge in [0.05, 0.1) is 11.1 Å². The molecule has 31 heavy (non-hydrogen) atoms. The number of carbonyl (C=O) groups excluding carboxylic acids is 3. The fraction of sp³-hybridized carbons (Fsp3) is 0.400. The third kappa shape index (κ3) is 5.72. The number of unbranched alkanes of at least 4 members (excludes halogenated alkanes) is 1. The molecule has 164 valence electrons. The maximum atomic E-state index is 12.7. The summed E-state index contributed by atoms with van der Waals surface area (Å²) in [6.07, 6.45) is 0.894. The van der Waals surface area contributed by atoms with E-state index in [-0.39, 0.29) is 17.9 Å². The fourth-order valence-electron chi connectivity index (χ4n) is 3.49. The molecule has 0 saturated heterocycles. The Balaban J connectivity index is 1.58. The highest BCUT2D eigenvalue weighted by Crippen LogP contribution is 2.23. The largest absolute Gasteiger partial charge is 0.444 e. The summed E-state index contributed by atoms with van der Waals surface area (Å²) in [7, 11) is 0. The van der Waals surface area contributed by atoms with Gasteiger partial charge >= 0.3 is 6.09 Å². The smallest absolute Gasteiger partial charge is 0.410 e. The van der Waals surface area contributed by atoms with Crippen molar-refractivity contribution < 1.29 is 19.1 Å². The third-order valence-electron chi connectivity index (χ3n) is 5.08. The van der Waals surface area contributed by atoms with Crippen LogP contribution < -0.4 is 0 Å². The molecule has 6 nitrogen and oxygen atoms in total. The highest BCUT2D eigenvalue weighted by molar-refractivity contribution is 6.21. The first kappa shape index (κ1) is 22.5. The SMILES string of the molecule is Cc1ccc(CN(CCCCN2C(=O)c3ccccc3C2=O)C(=O)OC(C)(C)C)cc1. The first-order valence-corrected chi connectivity index (χ1v) is 10.6. The molecule has 1 aliphatic rings. The standard InChI is InChI=1S/C25H30N2O4/c1-18-11-13-19(14-12-18)17-26(24(30)31-25(2,3)4)15-7-8-16-27-22(28)20-9-5-6-10-21(20)23(27)29/h5-6,9-14H,7-8,15-17H2,1-4H3. The third-order valence-corrected chi connectivity index (χ3v) is 5.08. The average Bonchev–Trinajstić information content (AvgIpc) is 2.95. The second-order valence-electron chi connectivity index (χ2n) is 8.90. The van der Waals surface area contributed by atoms with Crippen molar-refractivity contribution >= 4 is 17.9 Å². The van der Waals surface area contributed by atoms with Crippen molar-refractivity contribution in [3.63, 3.8) is 0 Å². The van der Waals surface area contributed by atoms with Crippen molar-refractivity contribution in [1.82, 2.24) is 9.80 Å². The lowest BCUT2D eigenvalue weighted by atomic mass is 10.1. The molecule has 0 spiro atoms. The van der Waals surface area contributed by atoms with Gasteiger partial charge in [0.2, 0.25) is 0 Å². The van der Waals surface area contributed by atoms with Crippen LogP contribution in [0.15, 0.2) is 48.5 Å². The van der Waals surface area contributed by atoms with E-state index in [0.29, 0.717) is 43.6 Å². The molecule has 0 radical (unpaired) electrons. The first-order valence-electron chi connectivity index (χ1n) is 10.6. The summed E-state index contributed by atoms with van der Waals surface area (Å²) in [5.41, 5.74) is 2.53. The van der Waals surface area contributed by atoms with E-state index in [1.807, 2.05) is 52.0 Å². The van der Waals surface area contributed by atoms with Crippen LogP contribution in [0.3, 0.4) is 0 Å². The number of hydrogen-bond donors (Lipinski definition) is 0. The van der Waals surface area contributed by atoms with Crippen molar-refractivity contribution in [3.05, 3.63) is 70.8 Å². The molecule has 0 atom stereocenters. The maximum absolute atomic E-state index is 12.7. The van der Waals surface area contributed by atoms with E-state index in [0.717, 1.165) is 11.1 Å². The maximum Gasteiger partial charge on any atom is 0.410 e. The quantitative estimate of drug-likeness (QED) is 0.474. The molecule has 0 saturated carbocycles. The zero-order valence-corrected chi connectivity index (χ0v) is 18.7. The van der Waals surface area contributed by atoms with Crippen LogP contribution in [-0.4, -0.2) is 46.4 Å². The predicted molar refractivity (Wildman–Crippen MR) is 119 cm³/mol. The minimum atomic E-state index is -0.581. The zero-order chi connectivity index (χ0) is 22.6. The molecule has 0 aromatic heterocycles. The Hall–Kier alpha value is -3.15. The van der Waals surface area contributed by atoms with Crippen LogP contribution in [0.2, 0.25) is 0 Å². The topological polar surface area (TPSA) is 66.9 Å². The van der Waals surface area contributed by atoms with Crippen LogP contribution in [-0.2, 0) is 11.3 Å². The first-order chi connectivity index (χ1) is 14.7. The van der Waals surface area contributed by atoms with Gasteiger partial charge in [-0.1, -0.05) is 42.0 Å². The van der Waals surface area contributed by atoms with Crippen LogP contribution in [0.25, 0.3) is 0 Å². The van der Waals surface area contributed by atoms with Crippen LogP contribution in [0, 0.1) is 6.92 Å². The number of benzene rings is 2. The number of rotatable bonds is 7. The number of imide groups is 1. The minimum Gasteiger partial charge on any atom is -0.444 e. The van der Waals surface area contributed by atoms with E-state index in [1.165, 1.54) is 4.90 Å². The van der Waals surface area contributed by atoms with Crippen LogP contribution in [0.5, 0.6) is 0 Å². The highest BCUT2D eigenvalue weighted by atomic mass is 16.6. The Morgan fingerprint density at radius 1 is 0.935 bits per heavy atom. The van der Waals surface area contributed by atoms with Crippen LogP contribution >= 0.6 is 0 Å². The van der Waals surface area contributed by atoms with Crippen molar-refractivity contribution in [2.75, 3.05) is 13.1 Å². The summed E-state index contributed by atoms with van der Waals surface area (Å²) in [5.74, 6) is -0.492. The molecule has 0 aliphatic carbocycles. The highest BCUT2D eigenvalue weighted by Gasteiger charge is 2.34. The number of amides is 3. The molecule has 6 heteroatoms. The van der Waals surface area contributed by atoms with E-state index in [9.17, 15) is 14.4 Å². The molecule has 2 aromatic rings. The van der Waals surface area contributed by atoms with Gasteiger partial charge < -0.3 is 9.64 Å². The van der Waals surface area contributed by atoms with Crippen molar-refractivity contribution in [3.8, 4) is 0 Å². The fourth-order valence-corrected chi connectivity index (χ4v) is 3.49. The van der Waals surface area contributed by atoms with Gasteiger partial charge in [0, 0.05) is 19.6 Å². The zero-order valence-electron chi connectivity index (χ0n) is 18.7. The molecule has 0 unspecified atom stereocenters. The van der Waals surface area contributed by atoms with Crippen LogP contribution in [0.1, 0.15) is 65.5 Å².